The molecular formula is C14H11BrN2O6S. The summed E-state index contributed by atoms with van der Waals surface area (Å²) in [4.78, 5) is 24.3. The zero-order valence-corrected chi connectivity index (χ0v) is 15.0. The van der Waals surface area contributed by atoms with Gasteiger partial charge >= 0.3 is 11.7 Å². The van der Waals surface area contributed by atoms with Crippen molar-refractivity contribution in [1.82, 2.24) is 9.78 Å². The molecule has 8 nitrogen and oxygen atoms in total. The summed E-state index contributed by atoms with van der Waals surface area (Å²) in [7, 11) is 2.78. The van der Waals surface area contributed by atoms with Crippen LogP contribution in [0.2, 0.25) is 0 Å². The highest BCUT2D eigenvalue weighted by molar-refractivity contribution is 9.10. The first kappa shape index (κ1) is 16.5. The van der Waals surface area contributed by atoms with E-state index in [1.165, 1.54) is 37.9 Å². The molecule has 0 aliphatic rings. The topological polar surface area (TPSA) is 96.7 Å². The van der Waals surface area contributed by atoms with Crippen molar-refractivity contribution >= 4 is 33.2 Å². The van der Waals surface area contributed by atoms with Crippen molar-refractivity contribution in [1.29, 1.82) is 0 Å². The zero-order valence-electron chi connectivity index (χ0n) is 12.6. The highest BCUT2D eigenvalue weighted by atomic mass is 79.9. The molecule has 0 amide bonds. The fourth-order valence-electron chi connectivity index (χ4n) is 2.05. The summed E-state index contributed by atoms with van der Waals surface area (Å²) in [6.45, 7) is -0.0609. The van der Waals surface area contributed by atoms with E-state index in [1.807, 2.05) is 0 Å². The molecule has 0 fully saturated rings. The predicted octanol–water partition coefficient (Wildman–Crippen LogP) is 2.76. The second-order valence-electron chi connectivity index (χ2n) is 4.53. The summed E-state index contributed by atoms with van der Waals surface area (Å²) in [6, 6.07) is 1.46. The number of halogens is 1. The van der Waals surface area contributed by atoms with Gasteiger partial charge in [0.25, 0.3) is 5.89 Å². The van der Waals surface area contributed by atoms with Gasteiger partial charge < -0.3 is 18.3 Å². The fraction of sp³-hybridized carbons (Fsp3) is 0.214. The number of ether oxygens (including phenoxy) is 2. The lowest BCUT2D eigenvalue weighted by Crippen LogP contribution is -2.17. The number of esters is 1. The Morgan fingerprint density at radius 1 is 1.46 bits per heavy atom. The largest absolute Gasteiger partial charge is 0.494 e. The number of rotatable bonds is 5. The third kappa shape index (κ3) is 2.89. The van der Waals surface area contributed by atoms with E-state index in [0.717, 1.165) is 9.15 Å². The van der Waals surface area contributed by atoms with Crippen LogP contribution in [-0.4, -0.2) is 30.0 Å². The van der Waals surface area contributed by atoms with Crippen molar-refractivity contribution in [2.45, 2.75) is 6.54 Å². The second-order valence-corrected chi connectivity index (χ2v) is 6.26. The summed E-state index contributed by atoms with van der Waals surface area (Å²) in [5, 5.41) is 5.94. The Morgan fingerprint density at radius 2 is 2.25 bits per heavy atom. The summed E-state index contributed by atoms with van der Waals surface area (Å²) in [5.74, 6) is -0.327. The Balaban J connectivity index is 1.95. The van der Waals surface area contributed by atoms with E-state index in [-0.39, 0.29) is 23.8 Å². The molecule has 10 heteroatoms. The van der Waals surface area contributed by atoms with Crippen LogP contribution in [0.5, 0.6) is 5.75 Å². The molecule has 126 valence electrons. The number of hydrogen-bond acceptors (Lipinski definition) is 8. The maximum Gasteiger partial charge on any atom is 0.437 e. The lowest BCUT2D eigenvalue weighted by atomic mass is 10.2. The molecule has 24 heavy (non-hydrogen) atoms. The number of nitrogens with zero attached hydrogens (tertiary/aromatic N) is 2. The van der Waals surface area contributed by atoms with Crippen LogP contribution in [0.15, 0.2) is 35.8 Å². The maximum absolute atomic E-state index is 12.0. The summed E-state index contributed by atoms with van der Waals surface area (Å²) in [6.07, 6.45) is 1.34. The van der Waals surface area contributed by atoms with Crippen LogP contribution in [0, 0.1) is 0 Å². The third-order valence-corrected chi connectivity index (χ3v) is 4.99. The maximum atomic E-state index is 12.0. The van der Waals surface area contributed by atoms with Gasteiger partial charge in [-0.2, -0.15) is 4.68 Å². The first-order valence-corrected chi connectivity index (χ1v) is 8.26. The number of aromatic nitrogens is 2. The highest BCUT2D eigenvalue weighted by Crippen LogP contribution is 2.40. The second kappa shape index (κ2) is 6.65. The van der Waals surface area contributed by atoms with Crippen molar-refractivity contribution in [2.24, 2.45) is 0 Å². The number of furan rings is 1. The average molecular weight is 415 g/mol. The van der Waals surface area contributed by atoms with E-state index < -0.39 is 11.7 Å². The van der Waals surface area contributed by atoms with E-state index in [2.05, 4.69) is 25.8 Å². The summed E-state index contributed by atoms with van der Waals surface area (Å²) >= 11 is 4.66. The Kier molecular flexibility index (Phi) is 4.58. The molecule has 0 aliphatic carbocycles. The lowest BCUT2D eigenvalue weighted by molar-refractivity contribution is 0.0598. The lowest BCUT2D eigenvalue weighted by Gasteiger charge is -2.00. The van der Waals surface area contributed by atoms with Crippen LogP contribution >= 0.6 is 27.3 Å². The smallest absolute Gasteiger partial charge is 0.437 e. The minimum Gasteiger partial charge on any atom is -0.494 e. The van der Waals surface area contributed by atoms with Crippen LogP contribution in [0.25, 0.3) is 10.8 Å². The Bertz CT molecular complexity index is 937. The number of hydrogen-bond donors (Lipinski definition) is 0. The van der Waals surface area contributed by atoms with Gasteiger partial charge in [0.05, 0.1) is 25.0 Å². The van der Waals surface area contributed by atoms with Gasteiger partial charge in [-0.05, 0) is 22.0 Å². The average Bonchev–Trinajstić information content (AvgIpc) is 3.26. The molecule has 0 unspecified atom stereocenters. The first-order valence-electron chi connectivity index (χ1n) is 6.59. The van der Waals surface area contributed by atoms with Gasteiger partial charge in [-0.25, -0.2) is 9.59 Å². The van der Waals surface area contributed by atoms with Gasteiger partial charge in [-0.1, -0.05) is 0 Å². The van der Waals surface area contributed by atoms with Crippen molar-refractivity contribution in [3.05, 3.63) is 44.1 Å². The predicted molar refractivity (Wildman–Crippen MR) is 87.5 cm³/mol. The standard InChI is InChI=1S/C14H11BrN2O6S/c1-20-10-8(15)6-24-11(10)12-16-17(14(19)23-12)5-9-7(3-4-22-9)13(18)21-2/h3-4,6H,5H2,1-2H3. The SMILES string of the molecule is COC(=O)c1ccoc1Cn1nc(-c2scc(Br)c2OC)oc1=O. The van der Waals surface area contributed by atoms with E-state index in [4.69, 9.17) is 13.6 Å². The fourth-order valence-corrected chi connectivity index (χ4v) is 3.64. The number of methoxy groups -OCH3 is 2. The molecule has 0 radical (unpaired) electrons. The third-order valence-electron chi connectivity index (χ3n) is 3.15. The van der Waals surface area contributed by atoms with Gasteiger partial charge in [-0.15, -0.1) is 16.4 Å². The van der Waals surface area contributed by atoms with Crippen LogP contribution in [-0.2, 0) is 11.3 Å². The molecule has 0 atom stereocenters. The molecule has 0 saturated carbocycles. The van der Waals surface area contributed by atoms with Gasteiger partial charge in [0.2, 0.25) is 0 Å². The molecule has 0 N–H and O–H groups in total. The monoisotopic (exact) mass is 414 g/mol. The molecule has 3 aromatic heterocycles. The van der Waals surface area contributed by atoms with Crippen LogP contribution in [0.3, 0.4) is 0 Å². The Labute approximate surface area is 147 Å². The normalized spacial score (nSPS) is 10.8. The molecule has 3 heterocycles. The minimum absolute atomic E-state index is 0.0609. The molecule has 0 saturated heterocycles. The molecule has 0 aromatic carbocycles. The van der Waals surface area contributed by atoms with Crippen molar-refractivity contribution in [3.63, 3.8) is 0 Å². The minimum atomic E-state index is -0.677. The van der Waals surface area contributed by atoms with Crippen molar-refractivity contribution in [2.75, 3.05) is 14.2 Å². The summed E-state index contributed by atoms with van der Waals surface area (Å²) in [5.41, 5.74) is 0.227. The van der Waals surface area contributed by atoms with E-state index in [1.54, 1.807) is 5.38 Å². The molecular weight excluding hydrogens is 404 g/mol. The van der Waals surface area contributed by atoms with Gasteiger partial charge in [0, 0.05) is 5.38 Å². The quantitative estimate of drug-likeness (QED) is 0.591. The van der Waals surface area contributed by atoms with Crippen molar-refractivity contribution < 1.29 is 23.1 Å². The Hall–Kier alpha value is -2.33. The van der Waals surface area contributed by atoms with Gasteiger partial charge in [-0.3, -0.25) is 0 Å². The molecule has 3 aromatic rings. The zero-order chi connectivity index (χ0) is 17.3. The molecule has 0 bridgehead atoms. The number of thiophene rings is 1. The number of carbonyl (C=O) groups excluding carboxylic acids is 1. The molecule has 0 spiro atoms. The van der Waals surface area contributed by atoms with Gasteiger partial charge in [0.15, 0.2) is 5.75 Å². The number of carbonyl (C=O) groups is 1. The van der Waals surface area contributed by atoms with Crippen LogP contribution < -0.4 is 10.5 Å². The van der Waals surface area contributed by atoms with E-state index >= 15 is 0 Å². The van der Waals surface area contributed by atoms with Gasteiger partial charge in [0.1, 0.15) is 22.7 Å². The summed E-state index contributed by atoms with van der Waals surface area (Å²) < 4.78 is 22.1. The van der Waals surface area contributed by atoms with E-state index in [9.17, 15) is 9.59 Å². The van der Waals surface area contributed by atoms with Crippen LogP contribution in [0.4, 0.5) is 0 Å². The van der Waals surface area contributed by atoms with Crippen molar-refractivity contribution in [3.8, 4) is 16.5 Å². The van der Waals surface area contributed by atoms with Crippen LogP contribution in [0.1, 0.15) is 16.1 Å². The molecule has 0 aliphatic heterocycles. The first-order chi connectivity index (χ1) is 11.5. The Morgan fingerprint density at radius 3 is 2.96 bits per heavy atom. The van der Waals surface area contributed by atoms with E-state index in [0.29, 0.717) is 10.6 Å². The molecule has 3 rings (SSSR count). The highest BCUT2D eigenvalue weighted by Gasteiger charge is 2.21.